The summed E-state index contributed by atoms with van der Waals surface area (Å²) in [5.74, 6) is 0.0607. The minimum absolute atomic E-state index is 0.0607. The smallest absolute Gasteiger partial charge is 0.215 e. The molecule has 0 aromatic heterocycles. The van der Waals surface area contributed by atoms with E-state index < -0.39 is 10.0 Å². The van der Waals surface area contributed by atoms with E-state index in [2.05, 4.69) is 0 Å². The van der Waals surface area contributed by atoms with E-state index in [4.69, 9.17) is 5.73 Å². The molecule has 0 aliphatic heterocycles. The summed E-state index contributed by atoms with van der Waals surface area (Å²) in [5, 5.41) is 0. The fourth-order valence-electron chi connectivity index (χ4n) is 1.05. The van der Waals surface area contributed by atoms with Crippen LogP contribution in [0, 0.1) is 0 Å². The van der Waals surface area contributed by atoms with Crippen molar-refractivity contribution in [3.8, 4) is 0 Å². The van der Waals surface area contributed by atoms with E-state index in [9.17, 15) is 8.42 Å². The highest BCUT2D eigenvalue weighted by molar-refractivity contribution is 7.89. The first-order chi connectivity index (χ1) is 5.94. The molecule has 0 aromatic rings. The molecule has 0 saturated carbocycles. The Morgan fingerprint density at radius 2 is 1.92 bits per heavy atom. The minimum atomic E-state index is -3.12. The molecule has 2 N–H and O–H groups in total. The molecule has 0 saturated heterocycles. The van der Waals surface area contributed by atoms with Crippen LogP contribution in [0.25, 0.3) is 0 Å². The molecule has 0 fully saturated rings. The summed E-state index contributed by atoms with van der Waals surface area (Å²) in [6.45, 7) is 4.31. The zero-order valence-electron chi connectivity index (χ0n) is 8.66. The molecule has 1 unspecified atom stereocenters. The van der Waals surface area contributed by atoms with Crippen LogP contribution in [0.3, 0.4) is 0 Å². The van der Waals surface area contributed by atoms with Gasteiger partial charge in [0.25, 0.3) is 0 Å². The molecule has 0 aliphatic rings. The second-order valence-corrected chi connectivity index (χ2v) is 5.36. The largest absolute Gasteiger partial charge is 0.327 e. The lowest BCUT2D eigenvalue weighted by Gasteiger charge is -2.17. The summed E-state index contributed by atoms with van der Waals surface area (Å²) in [5.41, 5.74) is 5.66. The Morgan fingerprint density at radius 1 is 1.38 bits per heavy atom. The number of hydrogen-bond acceptors (Lipinski definition) is 3. The fourth-order valence-corrected chi connectivity index (χ4v) is 2.40. The van der Waals surface area contributed by atoms with Crippen LogP contribution >= 0.6 is 0 Å². The Balaban J connectivity index is 4.17. The zero-order valence-corrected chi connectivity index (χ0v) is 9.47. The van der Waals surface area contributed by atoms with Gasteiger partial charge in [0.15, 0.2) is 0 Å². The molecule has 0 radical (unpaired) electrons. The van der Waals surface area contributed by atoms with E-state index in [1.807, 2.05) is 13.8 Å². The molecule has 0 aromatic carbocycles. The molecule has 1 atom stereocenters. The van der Waals surface area contributed by atoms with Gasteiger partial charge in [-0.1, -0.05) is 20.3 Å². The van der Waals surface area contributed by atoms with Crippen molar-refractivity contribution in [2.45, 2.75) is 32.7 Å². The molecule has 5 heteroatoms. The van der Waals surface area contributed by atoms with Crippen molar-refractivity contribution in [1.82, 2.24) is 4.31 Å². The van der Waals surface area contributed by atoms with Crippen molar-refractivity contribution in [2.75, 3.05) is 19.3 Å². The number of hydrogen-bond donors (Lipinski definition) is 1. The highest BCUT2D eigenvalue weighted by atomic mass is 32.2. The molecule has 80 valence electrons. The van der Waals surface area contributed by atoms with Gasteiger partial charge in [0, 0.05) is 19.6 Å². The van der Waals surface area contributed by atoms with Crippen LogP contribution in [-0.2, 0) is 10.0 Å². The molecule has 0 heterocycles. The molecular weight excluding hydrogens is 188 g/mol. The Hall–Kier alpha value is -0.130. The highest BCUT2D eigenvalue weighted by Crippen LogP contribution is 2.02. The second-order valence-electron chi connectivity index (χ2n) is 3.24. The highest BCUT2D eigenvalue weighted by Gasteiger charge is 2.19. The van der Waals surface area contributed by atoms with Crippen LogP contribution < -0.4 is 5.73 Å². The molecule has 0 aliphatic carbocycles. The number of rotatable bonds is 6. The Labute approximate surface area is 81.2 Å². The lowest BCUT2D eigenvalue weighted by Crippen LogP contribution is -2.37. The molecule has 0 spiro atoms. The predicted octanol–water partition coefficient (Wildman–Crippen LogP) is 0.395. The maximum Gasteiger partial charge on any atom is 0.215 e. The quantitative estimate of drug-likeness (QED) is 0.687. The summed E-state index contributed by atoms with van der Waals surface area (Å²) < 4.78 is 24.3. The monoisotopic (exact) mass is 208 g/mol. The number of nitrogens with zero attached hydrogens (tertiary/aromatic N) is 1. The van der Waals surface area contributed by atoms with Gasteiger partial charge in [-0.2, -0.15) is 0 Å². The van der Waals surface area contributed by atoms with Gasteiger partial charge in [0.1, 0.15) is 0 Å². The van der Waals surface area contributed by atoms with Crippen LogP contribution in [0.15, 0.2) is 0 Å². The van der Waals surface area contributed by atoms with E-state index in [1.165, 1.54) is 4.31 Å². The lowest BCUT2D eigenvalue weighted by molar-refractivity contribution is 0.478. The Morgan fingerprint density at radius 3 is 2.31 bits per heavy atom. The topological polar surface area (TPSA) is 63.4 Å². The molecule has 4 nitrogen and oxygen atoms in total. The van der Waals surface area contributed by atoms with Gasteiger partial charge < -0.3 is 5.73 Å². The fraction of sp³-hybridized carbons (Fsp3) is 1.00. The standard InChI is InChI=1S/C8H20N2O2S/c1-4-6-8(9)7-13(11,12)10(3)5-2/h8H,4-7,9H2,1-3H3. The van der Waals surface area contributed by atoms with Gasteiger partial charge in [0.05, 0.1) is 5.75 Å². The molecular formula is C8H20N2O2S. The zero-order chi connectivity index (χ0) is 10.5. The van der Waals surface area contributed by atoms with Crippen LogP contribution in [0.2, 0.25) is 0 Å². The van der Waals surface area contributed by atoms with E-state index in [0.717, 1.165) is 12.8 Å². The van der Waals surface area contributed by atoms with Gasteiger partial charge in [-0.25, -0.2) is 12.7 Å². The van der Waals surface area contributed by atoms with Crippen molar-refractivity contribution in [1.29, 1.82) is 0 Å². The van der Waals surface area contributed by atoms with E-state index in [-0.39, 0.29) is 11.8 Å². The summed E-state index contributed by atoms with van der Waals surface area (Å²) in [7, 11) is -1.55. The lowest BCUT2D eigenvalue weighted by atomic mass is 10.2. The summed E-state index contributed by atoms with van der Waals surface area (Å²) >= 11 is 0. The summed E-state index contributed by atoms with van der Waals surface area (Å²) in [6, 6.07) is -0.232. The normalized spacial score (nSPS) is 14.8. The third-order valence-corrected chi connectivity index (χ3v) is 4.06. The van der Waals surface area contributed by atoms with Crippen LogP contribution in [0.1, 0.15) is 26.7 Å². The first-order valence-electron chi connectivity index (χ1n) is 4.63. The van der Waals surface area contributed by atoms with Gasteiger partial charge in [0.2, 0.25) is 10.0 Å². The Bertz CT molecular complexity index is 226. The van der Waals surface area contributed by atoms with Gasteiger partial charge in [-0.3, -0.25) is 0 Å². The van der Waals surface area contributed by atoms with Gasteiger partial charge >= 0.3 is 0 Å². The van der Waals surface area contributed by atoms with Crippen molar-refractivity contribution in [3.05, 3.63) is 0 Å². The maximum atomic E-state index is 11.5. The van der Waals surface area contributed by atoms with E-state index in [1.54, 1.807) is 7.05 Å². The Kier molecular flexibility index (Phi) is 5.51. The summed E-state index contributed by atoms with van der Waals surface area (Å²) in [4.78, 5) is 0. The van der Waals surface area contributed by atoms with Gasteiger partial charge in [-0.05, 0) is 6.42 Å². The molecule has 0 bridgehead atoms. The predicted molar refractivity (Wildman–Crippen MR) is 55.0 cm³/mol. The molecule has 13 heavy (non-hydrogen) atoms. The maximum absolute atomic E-state index is 11.5. The first kappa shape index (κ1) is 12.9. The van der Waals surface area contributed by atoms with E-state index in [0.29, 0.717) is 6.54 Å². The number of nitrogens with two attached hydrogens (primary N) is 1. The molecule has 0 amide bonds. The molecule has 0 rings (SSSR count). The average molecular weight is 208 g/mol. The van der Waals surface area contributed by atoms with Crippen LogP contribution in [0.5, 0.6) is 0 Å². The minimum Gasteiger partial charge on any atom is -0.327 e. The van der Waals surface area contributed by atoms with Crippen LogP contribution in [-0.4, -0.2) is 38.1 Å². The summed E-state index contributed by atoms with van der Waals surface area (Å²) in [6.07, 6.45) is 1.68. The van der Waals surface area contributed by atoms with E-state index >= 15 is 0 Å². The van der Waals surface area contributed by atoms with Gasteiger partial charge in [-0.15, -0.1) is 0 Å². The van der Waals surface area contributed by atoms with Crippen molar-refractivity contribution in [2.24, 2.45) is 5.73 Å². The third kappa shape index (κ3) is 4.59. The SMILES string of the molecule is CCCC(N)CS(=O)(=O)N(C)CC. The van der Waals surface area contributed by atoms with Crippen molar-refractivity contribution in [3.63, 3.8) is 0 Å². The second kappa shape index (κ2) is 5.57. The third-order valence-electron chi connectivity index (χ3n) is 2.00. The number of sulfonamides is 1. The van der Waals surface area contributed by atoms with Crippen molar-refractivity contribution < 1.29 is 8.42 Å². The first-order valence-corrected chi connectivity index (χ1v) is 6.24. The average Bonchev–Trinajstić information content (AvgIpc) is 2.02. The van der Waals surface area contributed by atoms with Crippen molar-refractivity contribution >= 4 is 10.0 Å². The van der Waals surface area contributed by atoms with Crippen LogP contribution in [0.4, 0.5) is 0 Å².